The van der Waals surface area contributed by atoms with E-state index in [9.17, 15) is 9.59 Å². The maximum atomic E-state index is 12.6. The van der Waals surface area contributed by atoms with E-state index in [2.05, 4.69) is 36.9 Å². The summed E-state index contributed by atoms with van der Waals surface area (Å²) in [4.78, 5) is 29.0. The van der Waals surface area contributed by atoms with Gasteiger partial charge in [-0.05, 0) is 48.0 Å². The molecule has 1 aliphatic rings. The SMILES string of the molecule is O=C(Nc1ccc(C2CNc3c4ccccc4nc(=O)n3C2)cc1)Nc1cccc(Br)c1. The van der Waals surface area contributed by atoms with Crippen molar-refractivity contribution >= 4 is 50.1 Å². The van der Waals surface area contributed by atoms with E-state index >= 15 is 0 Å². The van der Waals surface area contributed by atoms with Gasteiger partial charge in [-0.25, -0.2) is 9.59 Å². The fraction of sp³-hybridized carbons (Fsp3) is 0.125. The first kappa shape index (κ1) is 20.3. The number of anilines is 3. The molecule has 4 aromatic rings. The number of carbonyl (C=O) groups excluding carboxylic acids is 1. The van der Waals surface area contributed by atoms with Crippen LogP contribution in [-0.2, 0) is 6.54 Å². The van der Waals surface area contributed by atoms with Crippen molar-refractivity contribution in [1.82, 2.24) is 9.55 Å². The van der Waals surface area contributed by atoms with Crippen molar-refractivity contribution < 1.29 is 4.79 Å². The molecule has 0 saturated heterocycles. The standard InChI is InChI=1S/C24H20BrN5O2/c25-17-4-3-5-19(12-17)28-23(31)27-18-10-8-15(9-11-18)16-13-26-22-20-6-1-2-7-21(20)29-24(32)30(22)14-16/h1-12,16,26H,13-14H2,(H2,27,28,31). The molecule has 160 valence electrons. The van der Waals surface area contributed by atoms with Crippen molar-refractivity contribution in [2.45, 2.75) is 12.5 Å². The molecular formula is C24H20BrN5O2. The zero-order chi connectivity index (χ0) is 22.1. The van der Waals surface area contributed by atoms with Gasteiger partial charge in [-0.15, -0.1) is 0 Å². The van der Waals surface area contributed by atoms with Crippen molar-refractivity contribution in [1.29, 1.82) is 0 Å². The minimum atomic E-state index is -0.311. The lowest BCUT2D eigenvalue weighted by atomic mass is 9.97. The van der Waals surface area contributed by atoms with E-state index in [0.717, 1.165) is 21.2 Å². The third kappa shape index (κ3) is 4.09. The molecule has 5 rings (SSSR count). The third-order valence-corrected chi connectivity index (χ3v) is 6.01. The van der Waals surface area contributed by atoms with Crippen molar-refractivity contribution in [3.63, 3.8) is 0 Å². The van der Waals surface area contributed by atoms with E-state index in [1.807, 2.05) is 72.8 Å². The highest BCUT2D eigenvalue weighted by atomic mass is 79.9. The summed E-state index contributed by atoms with van der Waals surface area (Å²) in [6.45, 7) is 1.26. The Labute approximate surface area is 192 Å². The van der Waals surface area contributed by atoms with E-state index in [1.165, 1.54) is 0 Å². The highest BCUT2D eigenvalue weighted by molar-refractivity contribution is 9.10. The quantitative estimate of drug-likeness (QED) is 0.377. The van der Waals surface area contributed by atoms with Gasteiger partial charge in [0.05, 0.1) is 5.52 Å². The Morgan fingerprint density at radius 1 is 1.00 bits per heavy atom. The van der Waals surface area contributed by atoms with Crippen LogP contribution in [0.5, 0.6) is 0 Å². The molecule has 3 aromatic carbocycles. The molecule has 1 aromatic heterocycles. The molecule has 0 bridgehead atoms. The maximum absolute atomic E-state index is 12.6. The molecule has 1 aliphatic heterocycles. The van der Waals surface area contributed by atoms with E-state index in [-0.39, 0.29) is 17.6 Å². The second-order valence-electron chi connectivity index (χ2n) is 7.66. The van der Waals surface area contributed by atoms with Crippen molar-refractivity contribution in [2.75, 3.05) is 22.5 Å². The minimum Gasteiger partial charge on any atom is -0.370 e. The van der Waals surface area contributed by atoms with Gasteiger partial charge in [0.25, 0.3) is 0 Å². The molecule has 0 fully saturated rings. The molecule has 0 radical (unpaired) electrons. The van der Waals surface area contributed by atoms with E-state index in [4.69, 9.17) is 0 Å². The van der Waals surface area contributed by atoms with Crippen LogP contribution in [0.4, 0.5) is 22.0 Å². The normalized spacial score (nSPS) is 15.0. The Balaban J connectivity index is 1.29. The number of para-hydroxylation sites is 1. The van der Waals surface area contributed by atoms with Crippen molar-refractivity contribution in [3.8, 4) is 0 Å². The number of hydrogen-bond acceptors (Lipinski definition) is 4. The molecule has 32 heavy (non-hydrogen) atoms. The maximum Gasteiger partial charge on any atom is 0.349 e. The number of hydrogen-bond donors (Lipinski definition) is 3. The lowest BCUT2D eigenvalue weighted by Crippen LogP contribution is -2.35. The number of rotatable bonds is 3. The van der Waals surface area contributed by atoms with Crippen LogP contribution in [0.1, 0.15) is 11.5 Å². The van der Waals surface area contributed by atoms with Crippen LogP contribution in [-0.4, -0.2) is 22.1 Å². The number of fused-ring (bicyclic) bond motifs is 3. The number of urea groups is 1. The van der Waals surface area contributed by atoms with Crippen LogP contribution in [0.3, 0.4) is 0 Å². The fourth-order valence-corrected chi connectivity index (χ4v) is 4.36. The predicted molar refractivity (Wildman–Crippen MR) is 130 cm³/mol. The number of aromatic nitrogens is 2. The summed E-state index contributed by atoms with van der Waals surface area (Å²) in [7, 11) is 0. The number of benzene rings is 3. The summed E-state index contributed by atoms with van der Waals surface area (Å²) >= 11 is 3.39. The van der Waals surface area contributed by atoms with Gasteiger partial charge in [0.2, 0.25) is 0 Å². The Kier molecular flexibility index (Phi) is 5.36. The third-order valence-electron chi connectivity index (χ3n) is 5.52. The number of nitrogens with one attached hydrogen (secondary N) is 3. The predicted octanol–water partition coefficient (Wildman–Crippen LogP) is 5.01. The summed E-state index contributed by atoms with van der Waals surface area (Å²) in [5.74, 6) is 0.937. The largest absolute Gasteiger partial charge is 0.370 e. The molecule has 2 heterocycles. The highest BCUT2D eigenvalue weighted by Gasteiger charge is 2.22. The Hall–Kier alpha value is -3.65. The minimum absolute atomic E-state index is 0.118. The highest BCUT2D eigenvalue weighted by Crippen LogP contribution is 2.29. The zero-order valence-corrected chi connectivity index (χ0v) is 18.6. The van der Waals surface area contributed by atoms with Crippen LogP contribution in [0.2, 0.25) is 0 Å². The second kappa shape index (κ2) is 8.47. The first-order valence-corrected chi connectivity index (χ1v) is 11.0. The summed E-state index contributed by atoms with van der Waals surface area (Å²) < 4.78 is 2.60. The number of nitrogens with zero attached hydrogens (tertiary/aromatic N) is 2. The summed E-state index contributed by atoms with van der Waals surface area (Å²) in [6.07, 6.45) is 0. The van der Waals surface area contributed by atoms with Crippen LogP contribution in [0, 0.1) is 0 Å². The van der Waals surface area contributed by atoms with Gasteiger partial charge in [0.15, 0.2) is 0 Å². The smallest absolute Gasteiger partial charge is 0.349 e. The van der Waals surface area contributed by atoms with Crippen LogP contribution < -0.4 is 21.6 Å². The summed E-state index contributed by atoms with van der Waals surface area (Å²) in [6, 6.07) is 22.4. The van der Waals surface area contributed by atoms with Crippen molar-refractivity contribution in [2.24, 2.45) is 0 Å². The van der Waals surface area contributed by atoms with Gasteiger partial charge in [-0.2, -0.15) is 4.98 Å². The van der Waals surface area contributed by atoms with Crippen LogP contribution in [0.25, 0.3) is 10.9 Å². The van der Waals surface area contributed by atoms with Gasteiger partial charge in [0.1, 0.15) is 5.82 Å². The zero-order valence-electron chi connectivity index (χ0n) is 17.0. The Morgan fingerprint density at radius 3 is 2.59 bits per heavy atom. The summed E-state index contributed by atoms with van der Waals surface area (Å²) in [5, 5.41) is 10.0. The van der Waals surface area contributed by atoms with E-state index in [1.54, 1.807) is 4.57 Å². The number of amides is 2. The Bertz CT molecular complexity index is 1370. The van der Waals surface area contributed by atoms with Gasteiger partial charge in [0, 0.05) is 40.2 Å². The molecule has 2 amide bonds. The molecular weight excluding hydrogens is 470 g/mol. The molecule has 1 atom stereocenters. The monoisotopic (exact) mass is 489 g/mol. The van der Waals surface area contributed by atoms with Crippen LogP contribution >= 0.6 is 15.9 Å². The molecule has 1 unspecified atom stereocenters. The van der Waals surface area contributed by atoms with Crippen molar-refractivity contribution in [3.05, 3.63) is 93.3 Å². The van der Waals surface area contributed by atoms with Crippen LogP contribution in [0.15, 0.2) is 82.1 Å². The Morgan fingerprint density at radius 2 is 1.78 bits per heavy atom. The average Bonchev–Trinajstić information content (AvgIpc) is 2.79. The topological polar surface area (TPSA) is 88.1 Å². The molecule has 3 N–H and O–H groups in total. The first-order valence-electron chi connectivity index (χ1n) is 10.2. The molecule has 0 saturated carbocycles. The molecule has 0 spiro atoms. The number of carbonyl (C=O) groups is 1. The van der Waals surface area contributed by atoms with Gasteiger partial charge in [-0.3, -0.25) is 4.57 Å². The van der Waals surface area contributed by atoms with E-state index < -0.39 is 0 Å². The average molecular weight is 490 g/mol. The van der Waals surface area contributed by atoms with Gasteiger partial charge in [-0.1, -0.05) is 46.3 Å². The lowest BCUT2D eigenvalue weighted by molar-refractivity contribution is 0.262. The molecule has 7 nitrogen and oxygen atoms in total. The first-order chi connectivity index (χ1) is 15.6. The fourth-order valence-electron chi connectivity index (χ4n) is 3.96. The summed E-state index contributed by atoms with van der Waals surface area (Å²) in [5.41, 5.74) is 2.92. The van der Waals surface area contributed by atoms with Gasteiger partial charge >= 0.3 is 11.7 Å². The second-order valence-corrected chi connectivity index (χ2v) is 8.58. The van der Waals surface area contributed by atoms with Gasteiger partial charge < -0.3 is 16.0 Å². The molecule has 0 aliphatic carbocycles. The number of halogens is 1. The lowest BCUT2D eigenvalue weighted by Gasteiger charge is -2.28. The van der Waals surface area contributed by atoms with E-state index in [0.29, 0.717) is 30.0 Å². The molecule has 8 heteroatoms.